The van der Waals surface area contributed by atoms with Crippen molar-refractivity contribution in [3.8, 4) is 17.2 Å². The van der Waals surface area contributed by atoms with E-state index in [4.69, 9.17) is 44.6 Å². The van der Waals surface area contributed by atoms with Gasteiger partial charge in [-0.05, 0) is 90.0 Å². The van der Waals surface area contributed by atoms with Crippen LogP contribution < -0.4 is 26.0 Å². The molecule has 0 saturated carbocycles. The number of aromatic nitrogens is 2. The number of phenols is 1. The quantitative estimate of drug-likeness (QED) is 0.0845. The molecule has 0 atom stereocenters. The van der Waals surface area contributed by atoms with E-state index < -0.39 is 45.3 Å². The first-order valence-corrected chi connectivity index (χ1v) is 19.7. The summed E-state index contributed by atoms with van der Waals surface area (Å²) in [6, 6.07) is 25.1. The third-order valence-corrected chi connectivity index (χ3v) is 9.20. The van der Waals surface area contributed by atoms with Crippen LogP contribution in [0.15, 0.2) is 122 Å². The van der Waals surface area contributed by atoms with Gasteiger partial charge < -0.3 is 31.1 Å². The Balaban J connectivity index is 0.000000241. The van der Waals surface area contributed by atoms with Gasteiger partial charge in [0, 0.05) is 49.0 Å². The largest absolute Gasteiger partial charge is 0.508 e. The predicted molar refractivity (Wildman–Crippen MR) is 232 cm³/mol. The van der Waals surface area contributed by atoms with E-state index in [-0.39, 0.29) is 47.5 Å². The number of amides is 4. The Morgan fingerprint density at radius 3 is 1.43 bits per heavy atom. The summed E-state index contributed by atoms with van der Waals surface area (Å²) in [5, 5.41) is 18.5. The zero-order chi connectivity index (χ0) is 47.9. The number of nitrogens with zero attached hydrogens (tertiary/aromatic N) is 2. The number of carbonyl (C=O) groups excluding carboxylic acids is 4. The molecule has 0 aliphatic heterocycles. The van der Waals surface area contributed by atoms with Crippen LogP contribution in [-0.4, -0.2) is 52.8 Å². The molecule has 5 N–H and O–H groups in total. The lowest BCUT2D eigenvalue weighted by atomic mass is 10.1. The molecule has 2 heterocycles. The number of benzene rings is 4. The smallest absolute Gasteiger partial charge is 0.417 e. The van der Waals surface area contributed by atoms with E-state index in [1.807, 2.05) is 0 Å². The van der Waals surface area contributed by atoms with Crippen molar-refractivity contribution in [3.05, 3.63) is 170 Å². The second kappa shape index (κ2) is 23.2. The van der Waals surface area contributed by atoms with Crippen molar-refractivity contribution in [1.82, 2.24) is 20.6 Å². The number of hydrogen-bond acceptors (Lipinski definition) is 8. The molecule has 0 unspecified atom stereocenters. The number of phenolic OH excluding ortho intramolecular Hbond substituents is 1. The Hall–Kier alpha value is -6.89. The van der Waals surface area contributed by atoms with Gasteiger partial charge in [-0.25, -0.2) is 0 Å². The molecular weight excluding hydrogens is 929 g/mol. The van der Waals surface area contributed by atoms with Gasteiger partial charge in [0.1, 0.15) is 28.6 Å². The maximum atomic E-state index is 13.0. The Bertz CT molecular complexity index is 2620. The van der Waals surface area contributed by atoms with Crippen molar-refractivity contribution in [3.63, 3.8) is 0 Å². The monoisotopic (exact) mass is 962 g/mol. The molecule has 12 nitrogen and oxygen atoms in total. The highest BCUT2D eigenvalue weighted by Gasteiger charge is 2.34. The van der Waals surface area contributed by atoms with Crippen LogP contribution >= 0.6 is 34.8 Å². The zero-order valence-corrected chi connectivity index (χ0v) is 36.0. The number of anilines is 2. The number of aromatic hydroxyl groups is 1. The lowest BCUT2D eigenvalue weighted by Gasteiger charge is -2.12. The molecule has 21 heteroatoms. The topological polar surface area (TPSA) is 172 Å². The summed E-state index contributed by atoms with van der Waals surface area (Å²) in [4.78, 5) is 54.4. The van der Waals surface area contributed by atoms with Crippen molar-refractivity contribution >= 4 is 69.8 Å². The molecular formula is C44H35Cl3F6N6O6. The summed E-state index contributed by atoms with van der Waals surface area (Å²) in [7, 11) is 3.04. The third kappa shape index (κ3) is 16.3. The van der Waals surface area contributed by atoms with Gasteiger partial charge in [0.25, 0.3) is 11.8 Å². The minimum absolute atomic E-state index is 0.00344. The number of pyridine rings is 2. The van der Waals surface area contributed by atoms with E-state index in [1.165, 1.54) is 55.8 Å². The Labute approximate surface area is 381 Å². The fraction of sp³-hybridized carbons (Fsp3) is 0.136. The Morgan fingerprint density at radius 1 is 0.569 bits per heavy atom. The standard InChI is InChI=1S/C22H17ClF3N3O3.C15H11ClF3NO2.C7H7ClN2O/c1-27-21(31)19-12-16(8-9-28-19)32-15-5-2-13(3-6-15)10-20(30)29-14-4-7-18(23)17(11-14)22(24,25)26;16-13-6-3-10(8-12(13)15(17,18)19)20-14(22)7-9-1-4-11(21)5-2-9;1-9-7(11)6-4-5(8)2-3-10-6/h2-9,11-12H,10H2,1H3,(H,27,31)(H,29,30);1-6,8,21H,7H2,(H,20,22);2-4H,1H3,(H,9,11). The predicted octanol–water partition coefficient (Wildman–Crippen LogP) is 10.4. The van der Waals surface area contributed by atoms with Crippen LogP contribution in [-0.2, 0) is 34.8 Å². The Morgan fingerprint density at radius 2 is 1.00 bits per heavy atom. The first-order chi connectivity index (χ1) is 30.6. The molecule has 4 aromatic carbocycles. The van der Waals surface area contributed by atoms with E-state index >= 15 is 0 Å². The highest BCUT2D eigenvalue weighted by atomic mass is 35.5. The van der Waals surface area contributed by atoms with Gasteiger partial charge in [-0.1, -0.05) is 59.1 Å². The lowest BCUT2D eigenvalue weighted by molar-refractivity contribution is -0.138. The van der Waals surface area contributed by atoms with Crippen LogP contribution in [0.4, 0.5) is 37.7 Å². The Kier molecular flexibility index (Phi) is 18.1. The average Bonchev–Trinajstić information content (AvgIpc) is 3.25. The highest BCUT2D eigenvalue weighted by Crippen LogP contribution is 2.37. The van der Waals surface area contributed by atoms with E-state index in [2.05, 4.69) is 31.2 Å². The van der Waals surface area contributed by atoms with E-state index in [0.29, 0.717) is 33.3 Å². The van der Waals surface area contributed by atoms with Gasteiger partial charge in [0.2, 0.25) is 11.8 Å². The summed E-state index contributed by atoms with van der Waals surface area (Å²) in [5.74, 6) is -0.591. The van der Waals surface area contributed by atoms with E-state index in [9.17, 15) is 45.5 Å². The number of alkyl halides is 6. The molecule has 6 rings (SSSR count). The summed E-state index contributed by atoms with van der Waals surface area (Å²) >= 11 is 16.7. The number of rotatable bonds is 10. The average molecular weight is 964 g/mol. The van der Waals surface area contributed by atoms with Crippen LogP contribution in [0.3, 0.4) is 0 Å². The molecule has 0 aliphatic carbocycles. The molecule has 340 valence electrons. The normalized spacial score (nSPS) is 10.8. The first-order valence-electron chi connectivity index (χ1n) is 18.5. The van der Waals surface area contributed by atoms with Gasteiger partial charge in [-0.2, -0.15) is 26.3 Å². The van der Waals surface area contributed by atoms with Crippen LogP contribution in [0.1, 0.15) is 43.2 Å². The van der Waals surface area contributed by atoms with Crippen LogP contribution in [0.2, 0.25) is 15.1 Å². The van der Waals surface area contributed by atoms with Crippen molar-refractivity contribution in [2.24, 2.45) is 0 Å². The third-order valence-electron chi connectivity index (χ3n) is 8.31. The number of nitrogens with one attached hydrogen (secondary N) is 4. The lowest BCUT2D eigenvalue weighted by Crippen LogP contribution is -2.18. The summed E-state index contributed by atoms with van der Waals surface area (Å²) in [6.07, 6.45) is -6.35. The summed E-state index contributed by atoms with van der Waals surface area (Å²) in [5.41, 5.74) is -0.224. The van der Waals surface area contributed by atoms with Crippen LogP contribution in [0.25, 0.3) is 0 Å². The molecule has 65 heavy (non-hydrogen) atoms. The maximum absolute atomic E-state index is 13.0. The molecule has 6 aromatic rings. The van der Waals surface area contributed by atoms with Gasteiger partial charge in [0.05, 0.1) is 34.0 Å². The van der Waals surface area contributed by atoms with Gasteiger partial charge in [-0.15, -0.1) is 0 Å². The number of halogens is 9. The van der Waals surface area contributed by atoms with Crippen LogP contribution in [0, 0.1) is 0 Å². The SMILES string of the molecule is CNC(=O)c1cc(Cl)ccn1.CNC(=O)c1cc(Oc2ccc(CC(=O)Nc3ccc(Cl)c(C(F)(F)F)c3)cc2)ccn1.O=C(Cc1ccc(O)cc1)Nc1ccc(Cl)c(C(F)(F)F)c1. The van der Waals surface area contributed by atoms with Crippen LogP contribution in [0.5, 0.6) is 17.2 Å². The van der Waals surface area contributed by atoms with Gasteiger partial charge in [0.15, 0.2) is 0 Å². The summed E-state index contributed by atoms with van der Waals surface area (Å²) < 4.78 is 82.7. The molecule has 2 aromatic heterocycles. The minimum Gasteiger partial charge on any atom is -0.508 e. The molecule has 0 aliphatic rings. The summed E-state index contributed by atoms with van der Waals surface area (Å²) in [6.45, 7) is 0. The van der Waals surface area contributed by atoms with E-state index in [1.54, 1.807) is 55.6 Å². The van der Waals surface area contributed by atoms with Crippen molar-refractivity contribution in [2.45, 2.75) is 25.2 Å². The van der Waals surface area contributed by atoms with Crippen molar-refractivity contribution < 1.29 is 55.4 Å². The van der Waals surface area contributed by atoms with E-state index in [0.717, 1.165) is 24.3 Å². The molecule has 0 fully saturated rings. The van der Waals surface area contributed by atoms with Crippen molar-refractivity contribution in [1.29, 1.82) is 0 Å². The molecule has 0 saturated heterocycles. The second-order valence-electron chi connectivity index (χ2n) is 13.1. The second-order valence-corrected chi connectivity index (χ2v) is 14.4. The fourth-order valence-electron chi connectivity index (χ4n) is 5.23. The van der Waals surface area contributed by atoms with Gasteiger partial charge >= 0.3 is 12.4 Å². The minimum atomic E-state index is -4.62. The highest BCUT2D eigenvalue weighted by molar-refractivity contribution is 6.32. The fourth-order valence-corrected chi connectivity index (χ4v) is 5.84. The molecule has 4 amide bonds. The molecule has 0 radical (unpaired) electrons. The number of ether oxygens (including phenoxy) is 1. The molecule has 0 bridgehead atoms. The number of hydrogen-bond donors (Lipinski definition) is 5. The van der Waals surface area contributed by atoms with Gasteiger partial charge in [-0.3, -0.25) is 29.1 Å². The molecule has 0 spiro atoms. The number of carbonyl (C=O) groups is 4. The maximum Gasteiger partial charge on any atom is 0.417 e. The van der Waals surface area contributed by atoms with Crippen molar-refractivity contribution in [2.75, 3.05) is 24.7 Å². The zero-order valence-electron chi connectivity index (χ0n) is 33.7. The first kappa shape index (κ1) is 50.8.